The van der Waals surface area contributed by atoms with Crippen LogP contribution in [0, 0.1) is 5.92 Å². The largest absolute Gasteiger partial charge is 0.494 e. The molecule has 35 heavy (non-hydrogen) atoms. The van der Waals surface area contributed by atoms with Gasteiger partial charge < -0.3 is 15.4 Å². The third-order valence-corrected chi connectivity index (χ3v) is 5.38. The Morgan fingerprint density at radius 1 is 0.886 bits per heavy atom. The maximum atomic E-state index is 12.6. The molecule has 3 aromatic carbocycles. The fourth-order valence-corrected chi connectivity index (χ4v) is 3.49. The molecule has 0 radical (unpaired) electrons. The summed E-state index contributed by atoms with van der Waals surface area (Å²) in [6.45, 7) is 4.87. The molecule has 3 rings (SSSR count). The highest BCUT2D eigenvalue weighted by atomic mass is 32.1. The van der Waals surface area contributed by atoms with E-state index in [2.05, 4.69) is 29.8 Å². The molecule has 0 saturated carbocycles. The van der Waals surface area contributed by atoms with Gasteiger partial charge in [0.25, 0.3) is 5.91 Å². The maximum absolute atomic E-state index is 12.6. The first-order chi connectivity index (χ1) is 16.9. The minimum Gasteiger partial charge on any atom is -0.494 e. The highest BCUT2D eigenvalue weighted by molar-refractivity contribution is 7.80. The van der Waals surface area contributed by atoms with Gasteiger partial charge in [0.05, 0.1) is 6.61 Å². The van der Waals surface area contributed by atoms with E-state index in [0.29, 0.717) is 48.1 Å². The quantitative estimate of drug-likeness (QED) is 0.313. The van der Waals surface area contributed by atoms with Crippen LogP contribution in [0.25, 0.3) is 0 Å². The van der Waals surface area contributed by atoms with Crippen LogP contribution in [0.2, 0.25) is 0 Å². The summed E-state index contributed by atoms with van der Waals surface area (Å²) in [7, 11) is 0. The number of amides is 2. The van der Waals surface area contributed by atoms with E-state index in [1.807, 2.05) is 36.4 Å². The number of aryl methyl sites for hydroxylation is 1. The second-order valence-electron chi connectivity index (χ2n) is 8.58. The van der Waals surface area contributed by atoms with Crippen molar-refractivity contribution in [2.24, 2.45) is 5.92 Å². The summed E-state index contributed by atoms with van der Waals surface area (Å²) in [6.07, 6.45) is 2.00. The minimum atomic E-state index is -0.331. The van der Waals surface area contributed by atoms with Gasteiger partial charge >= 0.3 is 0 Å². The molecule has 0 aliphatic heterocycles. The highest BCUT2D eigenvalue weighted by Crippen LogP contribution is 2.17. The number of carbonyl (C=O) groups excluding carboxylic acids is 2. The van der Waals surface area contributed by atoms with Crippen LogP contribution in [0.5, 0.6) is 5.75 Å². The van der Waals surface area contributed by atoms with Crippen molar-refractivity contribution >= 4 is 40.5 Å². The lowest BCUT2D eigenvalue weighted by molar-refractivity contribution is -0.116. The van der Waals surface area contributed by atoms with E-state index >= 15 is 0 Å². The van der Waals surface area contributed by atoms with Crippen molar-refractivity contribution in [3.63, 3.8) is 0 Å². The molecular formula is C28H31N3O3S. The van der Waals surface area contributed by atoms with Crippen molar-refractivity contribution in [1.29, 1.82) is 0 Å². The predicted octanol–water partition coefficient (Wildman–Crippen LogP) is 5.81. The molecule has 0 atom stereocenters. The molecule has 0 heterocycles. The molecule has 0 saturated heterocycles. The summed E-state index contributed by atoms with van der Waals surface area (Å²) < 4.78 is 5.73. The van der Waals surface area contributed by atoms with Crippen molar-refractivity contribution in [3.8, 4) is 5.75 Å². The lowest BCUT2D eigenvalue weighted by Gasteiger charge is -2.12. The summed E-state index contributed by atoms with van der Waals surface area (Å²) in [4.78, 5) is 25.0. The molecule has 7 heteroatoms. The second-order valence-corrected chi connectivity index (χ2v) is 8.99. The minimum absolute atomic E-state index is 0.0719. The first kappa shape index (κ1) is 25.9. The lowest BCUT2D eigenvalue weighted by atomic mass is 10.1. The zero-order valence-electron chi connectivity index (χ0n) is 20.0. The average Bonchev–Trinajstić information content (AvgIpc) is 2.83. The Labute approximate surface area is 212 Å². The number of anilines is 2. The fraction of sp³-hybridized carbons (Fsp3) is 0.250. The number of nitrogens with one attached hydrogen (secondary N) is 3. The van der Waals surface area contributed by atoms with Crippen LogP contribution in [0.3, 0.4) is 0 Å². The van der Waals surface area contributed by atoms with Crippen LogP contribution in [-0.4, -0.2) is 23.5 Å². The van der Waals surface area contributed by atoms with Gasteiger partial charge in [-0.3, -0.25) is 14.9 Å². The van der Waals surface area contributed by atoms with E-state index in [-0.39, 0.29) is 16.9 Å². The van der Waals surface area contributed by atoms with Gasteiger partial charge in [0.1, 0.15) is 5.75 Å². The van der Waals surface area contributed by atoms with E-state index in [9.17, 15) is 9.59 Å². The number of hydrogen-bond acceptors (Lipinski definition) is 4. The Bertz CT molecular complexity index is 1150. The summed E-state index contributed by atoms with van der Waals surface area (Å²) in [6, 6.07) is 24.1. The van der Waals surface area contributed by atoms with Gasteiger partial charge in [-0.15, -0.1) is 0 Å². The fourth-order valence-electron chi connectivity index (χ4n) is 3.28. The molecule has 0 fully saturated rings. The van der Waals surface area contributed by atoms with Gasteiger partial charge in [0.15, 0.2) is 5.11 Å². The monoisotopic (exact) mass is 489 g/mol. The molecule has 3 N–H and O–H groups in total. The summed E-state index contributed by atoms with van der Waals surface area (Å²) in [5.41, 5.74) is 2.87. The normalized spacial score (nSPS) is 10.5. The Hall–Kier alpha value is -3.71. The molecule has 0 aliphatic rings. The number of benzene rings is 3. The van der Waals surface area contributed by atoms with Crippen molar-refractivity contribution < 1.29 is 14.3 Å². The zero-order valence-corrected chi connectivity index (χ0v) is 20.9. The van der Waals surface area contributed by atoms with Crippen LogP contribution in [0.15, 0.2) is 78.9 Å². The topological polar surface area (TPSA) is 79.5 Å². The van der Waals surface area contributed by atoms with E-state index in [1.165, 1.54) is 0 Å². The van der Waals surface area contributed by atoms with Crippen LogP contribution in [-0.2, 0) is 11.2 Å². The number of ether oxygens (including phenoxy) is 1. The van der Waals surface area contributed by atoms with Crippen molar-refractivity contribution in [3.05, 3.63) is 90.0 Å². The molecule has 0 bridgehead atoms. The molecule has 3 aromatic rings. The van der Waals surface area contributed by atoms with Crippen LogP contribution < -0.4 is 20.7 Å². The van der Waals surface area contributed by atoms with E-state index in [0.717, 1.165) is 12.0 Å². The molecule has 0 spiro atoms. The SMILES string of the molecule is CC(C)CCOc1cccc(C(=O)NC(=S)Nc2cccc(NC(=O)CCc3ccccc3)c2)c1. The standard InChI is InChI=1S/C28H31N3O3S/c1-20(2)16-17-34-25-13-6-10-22(18-25)27(33)31-28(35)30-24-12-7-11-23(19-24)29-26(32)15-14-21-8-4-3-5-9-21/h3-13,18-20H,14-17H2,1-2H3,(H,29,32)(H2,30,31,33,35). The van der Waals surface area contributed by atoms with Crippen LogP contribution in [0.4, 0.5) is 11.4 Å². The second kappa shape index (κ2) is 13.2. The Morgan fingerprint density at radius 3 is 2.34 bits per heavy atom. The smallest absolute Gasteiger partial charge is 0.257 e. The van der Waals surface area contributed by atoms with Crippen molar-refractivity contribution in [1.82, 2.24) is 5.32 Å². The van der Waals surface area contributed by atoms with Gasteiger partial charge in [-0.05, 0) is 72.9 Å². The third kappa shape index (κ3) is 9.22. The maximum Gasteiger partial charge on any atom is 0.257 e. The highest BCUT2D eigenvalue weighted by Gasteiger charge is 2.10. The lowest BCUT2D eigenvalue weighted by Crippen LogP contribution is -2.34. The molecule has 0 aromatic heterocycles. The Morgan fingerprint density at radius 2 is 1.60 bits per heavy atom. The van der Waals surface area contributed by atoms with E-state index < -0.39 is 0 Å². The van der Waals surface area contributed by atoms with Crippen LogP contribution >= 0.6 is 12.2 Å². The number of thiocarbonyl (C=S) groups is 1. The number of carbonyl (C=O) groups is 2. The van der Waals surface area contributed by atoms with E-state index in [4.69, 9.17) is 17.0 Å². The molecule has 0 aliphatic carbocycles. The predicted molar refractivity (Wildman–Crippen MR) is 145 cm³/mol. The van der Waals surface area contributed by atoms with Gasteiger partial charge in [0.2, 0.25) is 5.91 Å². The van der Waals surface area contributed by atoms with Gasteiger partial charge in [-0.25, -0.2) is 0 Å². The summed E-state index contributed by atoms with van der Waals surface area (Å²) >= 11 is 5.31. The Balaban J connectivity index is 1.49. The average molecular weight is 490 g/mol. The molecule has 182 valence electrons. The molecule has 6 nitrogen and oxygen atoms in total. The number of hydrogen-bond donors (Lipinski definition) is 3. The number of rotatable bonds is 10. The molecule has 0 unspecified atom stereocenters. The summed E-state index contributed by atoms with van der Waals surface area (Å²) in [5.74, 6) is 0.790. The van der Waals surface area contributed by atoms with Gasteiger partial charge in [0, 0.05) is 23.4 Å². The van der Waals surface area contributed by atoms with Crippen molar-refractivity contribution in [2.75, 3.05) is 17.2 Å². The first-order valence-electron chi connectivity index (χ1n) is 11.7. The van der Waals surface area contributed by atoms with E-state index in [1.54, 1.807) is 42.5 Å². The first-order valence-corrected chi connectivity index (χ1v) is 12.1. The summed E-state index contributed by atoms with van der Waals surface area (Å²) in [5, 5.41) is 8.74. The molecular weight excluding hydrogens is 458 g/mol. The van der Waals surface area contributed by atoms with Gasteiger partial charge in [-0.1, -0.05) is 56.3 Å². The van der Waals surface area contributed by atoms with Crippen LogP contribution in [0.1, 0.15) is 42.6 Å². The Kier molecular flexibility index (Phi) is 9.80. The van der Waals surface area contributed by atoms with Crippen molar-refractivity contribution in [2.45, 2.75) is 33.1 Å². The third-order valence-electron chi connectivity index (χ3n) is 5.17. The molecule has 2 amide bonds. The zero-order chi connectivity index (χ0) is 25.0. The van der Waals surface area contributed by atoms with Gasteiger partial charge in [-0.2, -0.15) is 0 Å².